The van der Waals surface area contributed by atoms with E-state index in [1.54, 1.807) is 0 Å². The molecule has 0 saturated heterocycles. The minimum atomic E-state index is 0.600. The van der Waals surface area contributed by atoms with E-state index in [0.29, 0.717) is 6.32 Å². The van der Waals surface area contributed by atoms with Crippen LogP contribution in [-0.2, 0) is 11.7 Å². The lowest BCUT2D eigenvalue weighted by molar-refractivity contribution is 1.39. The molecule has 0 aromatic heterocycles. The number of halogens is 1. The van der Waals surface area contributed by atoms with Crippen LogP contribution in [0, 0.1) is 0 Å². The Hall–Kier alpha value is -1.02. The van der Waals surface area contributed by atoms with E-state index in [0.717, 1.165) is 5.33 Å². The zero-order valence-corrected chi connectivity index (χ0v) is 10.6. The molecule has 0 N–H and O–H groups in total. The van der Waals surface area contributed by atoms with E-state index in [1.165, 1.54) is 22.3 Å². The van der Waals surface area contributed by atoms with E-state index < -0.39 is 0 Å². The highest BCUT2D eigenvalue weighted by molar-refractivity contribution is 9.08. The summed E-state index contributed by atoms with van der Waals surface area (Å²) >= 11 is 3.44. The Labute approximate surface area is 106 Å². The topological polar surface area (TPSA) is 0 Å². The third-order valence-corrected chi connectivity index (χ3v) is 3.28. The molecule has 0 amide bonds. The number of rotatable bonds is 3. The van der Waals surface area contributed by atoms with Gasteiger partial charge in [-0.25, -0.2) is 0 Å². The molecule has 2 heteroatoms. The summed E-state index contributed by atoms with van der Waals surface area (Å²) in [5.74, 6) is 0. The lowest BCUT2D eigenvalue weighted by Gasteiger charge is -2.04. The number of hydrogen-bond donors (Lipinski definition) is 0. The molecule has 0 atom stereocenters. The van der Waals surface area contributed by atoms with Crippen LogP contribution in [0.3, 0.4) is 0 Å². The first-order valence-electron chi connectivity index (χ1n) is 5.28. The van der Waals surface area contributed by atoms with Crippen molar-refractivity contribution in [3.05, 3.63) is 59.7 Å². The van der Waals surface area contributed by atoms with Crippen molar-refractivity contribution >= 4 is 23.8 Å². The summed E-state index contributed by atoms with van der Waals surface area (Å²) in [5.41, 5.74) is 4.94. The molecule has 78 valence electrons. The molecule has 0 spiro atoms. The average Bonchev–Trinajstić information content (AvgIpc) is 2.39. The largest absolute Gasteiger partial charge is 0.0876 e. The molecule has 0 heterocycles. The third kappa shape index (κ3) is 2.56. The van der Waals surface area contributed by atoms with Crippen molar-refractivity contribution in [2.45, 2.75) is 11.7 Å². The third-order valence-electron chi connectivity index (χ3n) is 2.63. The fourth-order valence-electron chi connectivity index (χ4n) is 1.62. The van der Waals surface area contributed by atoms with Gasteiger partial charge >= 0.3 is 0 Å². The van der Waals surface area contributed by atoms with Gasteiger partial charge in [0.2, 0.25) is 0 Å². The van der Waals surface area contributed by atoms with Gasteiger partial charge < -0.3 is 0 Å². The average molecular weight is 271 g/mol. The van der Waals surface area contributed by atoms with Gasteiger partial charge in [-0.15, -0.1) is 0 Å². The SMILES string of the molecule is [B]Cc1ccc(-c2ccc(CBr)cc2)cc1. The van der Waals surface area contributed by atoms with E-state index in [4.69, 9.17) is 7.85 Å². The summed E-state index contributed by atoms with van der Waals surface area (Å²) in [7, 11) is 5.57. The van der Waals surface area contributed by atoms with Gasteiger partial charge in [-0.3, -0.25) is 0 Å². The second kappa shape index (κ2) is 5.35. The van der Waals surface area contributed by atoms with Crippen LogP contribution in [0.25, 0.3) is 11.1 Å². The van der Waals surface area contributed by atoms with Gasteiger partial charge in [0.25, 0.3) is 0 Å². The zero-order chi connectivity index (χ0) is 11.4. The van der Waals surface area contributed by atoms with Crippen molar-refractivity contribution in [3.8, 4) is 11.1 Å². The Balaban J connectivity index is 2.28. The van der Waals surface area contributed by atoms with Gasteiger partial charge in [0, 0.05) is 5.33 Å². The fourth-order valence-corrected chi connectivity index (χ4v) is 1.99. The first-order chi connectivity index (χ1) is 7.83. The first kappa shape index (κ1) is 11.5. The molecule has 2 radical (unpaired) electrons. The Morgan fingerprint density at radius 2 is 1.19 bits per heavy atom. The Kier molecular flexibility index (Phi) is 3.84. The van der Waals surface area contributed by atoms with Crippen LogP contribution in [0.4, 0.5) is 0 Å². The lowest BCUT2D eigenvalue weighted by Crippen LogP contribution is -1.84. The van der Waals surface area contributed by atoms with Crippen LogP contribution >= 0.6 is 15.9 Å². The van der Waals surface area contributed by atoms with Gasteiger partial charge in [0.15, 0.2) is 0 Å². The summed E-state index contributed by atoms with van der Waals surface area (Å²) in [4.78, 5) is 0. The predicted molar refractivity (Wildman–Crippen MR) is 74.0 cm³/mol. The molecule has 2 rings (SSSR count). The highest BCUT2D eigenvalue weighted by Gasteiger charge is 1.97. The van der Waals surface area contributed by atoms with Crippen molar-refractivity contribution in [1.29, 1.82) is 0 Å². The second-order valence-electron chi connectivity index (χ2n) is 3.73. The Morgan fingerprint density at radius 1 is 0.750 bits per heavy atom. The van der Waals surface area contributed by atoms with E-state index in [-0.39, 0.29) is 0 Å². The van der Waals surface area contributed by atoms with E-state index in [2.05, 4.69) is 64.5 Å². The van der Waals surface area contributed by atoms with Crippen LogP contribution in [0.15, 0.2) is 48.5 Å². The molecule has 0 saturated carbocycles. The summed E-state index contributed by atoms with van der Waals surface area (Å²) in [5, 5.41) is 0.902. The van der Waals surface area contributed by atoms with Gasteiger partial charge in [0.1, 0.15) is 0 Å². The van der Waals surface area contributed by atoms with Gasteiger partial charge in [0.05, 0.1) is 7.85 Å². The lowest BCUT2D eigenvalue weighted by atomic mass is 9.95. The summed E-state index contributed by atoms with van der Waals surface area (Å²) in [6.45, 7) is 0. The van der Waals surface area contributed by atoms with Gasteiger partial charge in [-0.2, -0.15) is 0 Å². The highest BCUT2D eigenvalue weighted by Crippen LogP contribution is 2.21. The van der Waals surface area contributed by atoms with Crippen molar-refractivity contribution in [2.75, 3.05) is 0 Å². The molecule has 0 unspecified atom stereocenters. The summed E-state index contributed by atoms with van der Waals surface area (Å²) in [6.07, 6.45) is 0.600. The normalized spacial score (nSPS) is 10.3. The van der Waals surface area contributed by atoms with Gasteiger partial charge in [-0.1, -0.05) is 76.3 Å². The molecule has 0 aliphatic heterocycles. The quantitative estimate of drug-likeness (QED) is 0.586. The molecule has 2 aromatic carbocycles. The number of alkyl halides is 1. The molecule has 0 nitrogen and oxygen atoms in total. The minimum absolute atomic E-state index is 0.600. The van der Waals surface area contributed by atoms with Crippen molar-refractivity contribution in [2.24, 2.45) is 0 Å². The smallest absolute Gasteiger partial charge is 0.0716 e. The fraction of sp³-hybridized carbons (Fsp3) is 0.143. The maximum absolute atomic E-state index is 5.57. The molecule has 2 aromatic rings. The minimum Gasteiger partial charge on any atom is -0.0876 e. The summed E-state index contributed by atoms with van der Waals surface area (Å²) in [6, 6.07) is 17.0. The zero-order valence-electron chi connectivity index (χ0n) is 8.99. The number of hydrogen-bond acceptors (Lipinski definition) is 0. The molecule has 0 bridgehead atoms. The van der Waals surface area contributed by atoms with E-state index >= 15 is 0 Å². The highest BCUT2D eigenvalue weighted by atomic mass is 79.9. The monoisotopic (exact) mass is 270 g/mol. The molecule has 0 aliphatic carbocycles. The first-order valence-corrected chi connectivity index (χ1v) is 6.40. The van der Waals surface area contributed by atoms with Crippen molar-refractivity contribution in [1.82, 2.24) is 0 Å². The van der Waals surface area contributed by atoms with Crippen molar-refractivity contribution in [3.63, 3.8) is 0 Å². The molecular formula is C14H12BBr. The van der Waals surface area contributed by atoms with E-state index in [9.17, 15) is 0 Å². The maximum atomic E-state index is 5.57. The predicted octanol–water partition coefficient (Wildman–Crippen LogP) is 3.92. The standard InChI is InChI=1S/C14H12BBr/c15-9-11-1-5-13(6-2-11)14-7-3-12(10-16)4-8-14/h1-8H,9-10H2. The maximum Gasteiger partial charge on any atom is 0.0716 e. The second-order valence-corrected chi connectivity index (χ2v) is 4.29. The summed E-state index contributed by atoms with van der Waals surface area (Å²) < 4.78 is 0. The molecular weight excluding hydrogens is 259 g/mol. The van der Waals surface area contributed by atoms with Crippen molar-refractivity contribution < 1.29 is 0 Å². The van der Waals surface area contributed by atoms with Crippen LogP contribution in [0.1, 0.15) is 11.1 Å². The van der Waals surface area contributed by atoms with Crippen LogP contribution in [-0.4, -0.2) is 7.85 Å². The molecule has 16 heavy (non-hydrogen) atoms. The molecule has 0 aliphatic rings. The van der Waals surface area contributed by atoms with E-state index in [1.807, 2.05) is 0 Å². The Bertz CT molecular complexity index is 400. The van der Waals surface area contributed by atoms with Crippen LogP contribution < -0.4 is 0 Å². The van der Waals surface area contributed by atoms with Crippen LogP contribution in [0.5, 0.6) is 0 Å². The van der Waals surface area contributed by atoms with Gasteiger partial charge in [-0.05, 0) is 16.7 Å². The van der Waals surface area contributed by atoms with Crippen LogP contribution in [0.2, 0.25) is 0 Å². The molecule has 0 fully saturated rings. The number of benzene rings is 2. The Morgan fingerprint density at radius 3 is 1.56 bits per heavy atom.